The highest BCUT2D eigenvalue weighted by Crippen LogP contribution is 2.13. The number of nitro groups is 1. The molecule has 1 aromatic heterocycles. The van der Waals surface area contributed by atoms with Gasteiger partial charge in [0.05, 0.1) is 0 Å². The Balaban J connectivity index is 2.13. The number of nitrogens with zero attached hydrogens (tertiary/aromatic N) is 4. The van der Waals surface area contributed by atoms with E-state index in [1.807, 2.05) is 6.07 Å². The molecule has 1 amide bonds. The second kappa shape index (κ2) is 7.56. The van der Waals surface area contributed by atoms with Gasteiger partial charge >= 0.3 is 11.8 Å². The standard InChI is InChI=1S/C16H18N4O5/c1-11-17-14(20(24)25)9-19(11)10-15(21)18(2)13(16(22)23)8-12-6-4-3-5-7-12/h3-7,9,13H,8,10H2,1-2H3,(H,22,23). The molecule has 9 nitrogen and oxygen atoms in total. The minimum absolute atomic E-state index is 0.168. The number of benzene rings is 1. The number of imidazole rings is 1. The smallest absolute Gasteiger partial charge is 0.381 e. The van der Waals surface area contributed by atoms with Gasteiger partial charge in [0.2, 0.25) is 11.7 Å². The summed E-state index contributed by atoms with van der Waals surface area (Å²) in [7, 11) is 1.41. The molecule has 9 heteroatoms. The van der Waals surface area contributed by atoms with Crippen molar-refractivity contribution in [3.8, 4) is 0 Å². The number of aliphatic carboxylic acids is 1. The Hall–Kier alpha value is -3.23. The van der Waals surface area contributed by atoms with E-state index in [-0.39, 0.29) is 18.8 Å². The summed E-state index contributed by atoms with van der Waals surface area (Å²) < 4.78 is 1.33. The minimum atomic E-state index is -1.12. The normalized spacial score (nSPS) is 11.8. The predicted molar refractivity (Wildman–Crippen MR) is 88.0 cm³/mol. The van der Waals surface area contributed by atoms with E-state index in [1.165, 1.54) is 11.6 Å². The van der Waals surface area contributed by atoms with Gasteiger partial charge in [-0.05, 0) is 15.5 Å². The van der Waals surface area contributed by atoms with Crippen LogP contribution in [0.3, 0.4) is 0 Å². The van der Waals surface area contributed by atoms with Crippen molar-refractivity contribution >= 4 is 17.7 Å². The molecule has 0 saturated heterocycles. The van der Waals surface area contributed by atoms with Gasteiger partial charge in [-0.1, -0.05) is 30.3 Å². The Morgan fingerprint density at radius 2 is 2.00 bits per heavy atom. The van der Waals surface area contributed by atoms with Gasteiger partial charge in [0.25, 0.3) is 0 Å². The van der Waals surface area contributed by atoms with Crippen LogP contribution in [0.2, 0.25) is 0 Å². The molecule has 0 fully saturated rings. The SMILES string of the molecule is Cc1nc([N+](=O)[O-])cn1CC(=O)N(C)C(Cc1ccccc1)C(=O)O. The van der Waals surface area contributed by atoms with Crippen LogP contribution in [0.15, 0.2) is 36.5 Å². The number of carboxylic acid groups (broad SMARTS) is 1. The lowest BCUT2D eigenvalue weighted by molar-refractivity contribution is -0.389. The average molecular weight is 346 g/mol. The molecule has 2 rings (SSSR count). The van der Waals surface area contributed by atoms with Crippen LogP contribution >= 0.6 is 0 Å². The van der Waals surface area contributed by atoms with Gasteiger partial charge in [0.15, 0.2) is 0 Å². The number of aryl methyl sites for hydroxylation is 1. The van der Waals surface area contributed by atoms with E-state index in [1.54, 1.807) is 31.2 Å². The highest BCUT2D eigenvalue weighted by molar-refractivity contribution is 5.83. The van der Waals surface area contributed by atoms with Gasteiger partial charge in [-0.2, -0.15) is 0 Å². The molecule has 0 aliphatic carbocycles. The first-order valence-electron chi connectivity index (χ1n) is 7.50. The Morgan fingerprint density at radius 3 is 2.52 bits per heavy atom. The fraction of sp³-hybridized carbons (Fsp3) is 0.312. The maximum Gasteiger partial charge on any atom is 0.381 e. The van der Waals surface area contributed by atoms with E-state index in [2.05, 4.69) is 4.98 Å². The van der Waals surface area contributed by atoms with Crippen molar-refractivity contribution in [1.29, 1.82) is 0 Å². The zero-order chi connectivity index (χ0) is 18.6. The van der Waals surface area contributed by atoms with Crippen LogP contribution in [0.5, 0.6) is 0 Å². The predicted octanol–water partition coefficient (Wildman–Crippen LogP) is 1.25. The van der Waals surface area contributed by atoms with Gasteiger partial charge in [-0.3, -0.25) is 9.36 Å². The lowest BCUT2D eigenvalue weighted by Crippen LogP contribution is -2.45. The largest absolute Gasteiger partial charge is 0.480 e. The first-order valence-corrected chi connectivity index (χ1v) is 7.50. The van der Waals surface area contributed by atoms with Crippen molar-refractivity contribution in [2.45, 2.75) is 25.9 Å². The summed E-state index contributed by atoms with van der Waals surface area (Å²) in [6, 6.07) is 7.96. The minimum Gasteiger partial charge on any atom is -0.480 e. The van der Waals surface area contributed by atoms with Crippen molar-refractivity contribution in [2.75, 3.05) is 7.05 Å². The monoisotopic (exact) mass is 346 g/mol. The Labute approximate surface area is 143 Å². The summed E-state index contributed by atoms with van der Waals surface area (Å²) in [6.07, 6.45) is 1.33. The van der Waals surface area contributed by atoms with Crippen molar-refractivity contribution in [2.24, 2.45) is 0 Å². The number of hydrogen-bond acceptors (Lipinski definition) is 5. The molecule has 1 N–H and O–H groups in total. The molecule has 1 unspecified atom stereocenters. The van der Waals surface area contributed by atoms with E-state index in [4.69, 9.17) is 0 Å². The molecule has 0 saturated carbocycles. The molecule has 0 aliphatic heterocycles. The van der Waals surface area contributed by atoms with E-state index in [0.717, 1.165) is 16.7 Å². The number of carbonyl (C=O) groups excluding carboxylic acids is 1. The molecule has 1 aromatic carbocycles. The van der Waals surface area contributed by atoms with Crippen LogP contribution in [0, 0.1) is 17.0 Å². The molecular weight excluding hydrogens is 328 g/mol. The molecule has 1 heterocycles. The molecule has 25 heavy (non-hydrogen) atoms. The van der Waals surface area contributed by atoms with Crippen LogP contribution in [-0.4, -0.2) is 49.4 Å². The number of amides is 1. The topological polar surface area (TPSA) is 119 Å². The number of aromatic nitrogens is 2. The number of rotatable bonds is 7. The van der Waals surface area contributed by atoms with E-state index < -0.39 is 22.8 Å². The van der Waals surface area contributed by atoms with Crippen molar-refractivity contribution in [1.82, 2.24) is 14.5 Å². The Kier molecular flexibility index (Phi) is 5.48. The molecule has 1 atom stereocenters. The quantitative estimate of drug-likeness (QED) is 0.595. The van der Waals surface area contributed by atoms with Gasteiger partial charge in [-0.15, -0.1) is 0 Å². The van der Waals surface area contributed by atoms with Crippen LogP contribution < -0.4 is 0 Å². The lowest BCUT2D eigenvalue weighted by atomic mass is 10.0. The van der Waals surface area contributed by atoms with Crippen LogP contribution in [0.4, 0.5) is 5.82 Å². The summed E-state index contributed by atoms with van der Waals surface area (Å²) in [5.41, 5.74) is 0.795. The second-order valence-electron chi connectivity index (χ2n) is 5.58. The van der Waals surface area contributed by atoms with Gasteiger partial charge < -0.3 is 20.1 Å². The summed E-state index contributed by atoms with van der Waals surface area (Å²) in [5, 5.41) is 20.2. The first-order chi connectivity index (χ1) is 11.8. The van der Waals surface area contributed by atoms with E-state index in [9.17, 15) is 24.8 Å². The van der Waals surface area contributed by atoms with E-state index in [0.29, 0.717) is 5.82 Å². The molecule has 0 radical (unpaired) electrons. The van der Waals surface area contributed by atoms with Crippen molar-refractivity contribution < 1.29 is 19.6 Å². The van der Waals surface area contributed by atoms with Gasteiger partial charge in [0, 0.05) is 20.4 Å². The third-order valence-corrected chi connectivity index (χ3v) is 3.87. The maximum atomic E-state index is 12.4. The van der Waals surface area contributed by atoms with Crippen LogP contribution in [0.25, 0.3) is 0 Å². The Morgan fingerprint density at radius 1 is 1.36 bits per heavy atom. The molecular formula is C16H18N4O5. The molecule has 0 spiro atoms. The zero-order valence-corrected chi connectivity index (χ0v) is 13.8. The molecule has 0 aliphatic rings. The maximum absolute atomic E-state index is 12.4. The number of carboxylic acids is 1. The molecule has 2 aromatic rings. The van der Waals surface area contributed by atoms with Crippen LogP contribution in [-0.2, 0) is 22.6 Å². The Bertz CT molecular complexity index is 787. The van der Waals surface area contributed by atoms with Crippen LogP contribution in [0.1, 0.15) is 11.4 Å². The summed E-state index contributed by atoms with van der Waals surface area (Å²) in [4.78, 5) is 39.0. The first kappa shape index (κ1) is 18.1. The van der Waals surface area contributed by atoms with Gasteiger partial charge in [0.1, 0.15) is 18.8 Å². The highest BCUT2D eigenvalue weighted by atomic mass is 16.6. The highest BCUT2D eigenvalue weighted by Gasteiger charge is 2.28. The number of likely N-dealkylation sites (N-methyl/N-ethyl adjacent to an activating group) is 1. The summed E-state index contributed by atoms with van der Waals surface area (Å²) >= 11 is 0. The second-order valence-corrected chi connectivity index (χ2v) is 5.58. The number of carbonyl (C=O) groups is 2. The zero-order valence-electron chi connectivity index (χ0n) is 13.8. The molecule has 132 valence electrons. The van der Waals surface area contributed by atoms with E-state index >= 15 is 0 Å². The third-order valence-electron chi connectivity index (χ3n) is 3.87. The number of hydrogen-bond donors (Lipinski definition) is 1. The molecule has 0 bridgehead atoms. The average Bonchev–Trinajstić information content (AvgIpc) is 2.94. The third kappa shape index (κ3) is 4.40. The van der Waals surface area contributed by atoms with Crippen molar-refractivity contribution in [3.05, 3.63) is 58.0 Å². The fourth-order valence-corrected chi connectivity index (χ4v) is 2.40. The van der Waals surface area contributed by atoms with Gasteiger partial charge in [-0.25, -0.2) is 4.79 Å². The lowest BCUT2D eigenvalue weighted by Gasteiger charge is -2.25. The fourth-order valence-electron chi connectivity index (χ4n) is 2.40. The summed E-state index contributed by atoms with van der Waals surface area (Å²) in [5.74, 6) is -1.64. The van der Waals surface area contributed by atoms with Crippen molar-refractivity contribution in [3.63, 3.8) is 0 Å². The summed E-state index contributed by atoms with van der Waals surface area (Å²) in [6.45, 7) is 1.32.